The zero-order valence-corrected chi connectivity index (χ0v) is 20.8. The van der Waals surface area contributed by atoms with E-state index < -0.39 is 0 Å². The Kier molecular flexibility index (Phi) is 9.20. The van der Waals surface area contributed by atoms with E-state index >= 15 is 0 Å². The van der Waals surface area contributed by atoms with Gasteiger partial charge in [-0.1, -0.05) is 19.1 Å². The fourth-order valence-electron chi connectivity index (χ4n) is 3.69. The van der Waals surface area contributed by atoms with E-state index in [1.165, 1.54) is 23.1 Å². The van der Waals surface area contributed by atoms with E-state index in [0.717, 1.165) is 29.7 Å². The van der Waals surface area contributed by atoms with Crippen LogP contribution in [0.25, 0.3) is 0 Å². The number of fused-ring (bicyclic) bond motifs is 1. The van der Waals surface area contributed by atoms with E-state index in [1.807, 2.05) is 19.1 Å². The molecule has 0 radical (unpaired) electrons. The topological polar surface area (TPSA) is 93.7 Å². The van der Waals surface area contributed by atoms with E-state index in [1.54, 1.807) is 19.1 Å². The van der Waals surface area contributed by atoms with Crippen LogP contribution in [0.4, 0.5) is 10.7 Å². The summed E-state index contributed by atoms with van der Waals surface area (Å²) in [4.78, 5) is 38.6. The van der Waals surface area contributed by atoms with Gasteiger partial charge in [-0.05, 0) is 56.7 Å². The predicted molar refractivity (Wildman–Crippen MR) is 134 cm³/mol. The lowest BCUT2D eigenvalue weighted by molar-refractivity contribution is -0.114. The molecule has 0 saturated heterocycles. The lowest BCUT2D eigenvalue weighted by atomic mass is 9.88. The number of rotatable bonds is 10. The molecule has 9 heteroatoms. The van der Waals surface area contributed by atoms with Gasteiger partial charge in [0, 0.05) is 4.88 Å². The Morgan fingerprint density at radius 1 is 1.09 bits per heavy atom. The van der Waals surface area contributed by atoms with Crippen molar-refractivity contribution >= 4 is 51.6 Å². The number of hydrogen-bond donors (Lipinski definition) is 2. The zero-order chi connectivity index (χ0) is 23.8. The maximum Gasteiger partial charge on any atom is 0.341 e. The van der Waals surface area contributed by atoms with Crippen LogP contribution in [-0.2, 0) is 27.2 Å². The fourth-order valence-corrected chi connectivity index (χ4v) is 5.73. The lowest BCUT2D eigenvalue weighted by Crippen LogP contribution is -2.20. The van der Waals surface area contributed by atoms with Gasteiger partial charge >= 0.3 is 5.97 Å². The number of benzene rings is 1. The monoisotopic (exact) mass is 490 g/mol. The van der Waals surface area contributed by atoms with Crippen molar-refractivity contribution in [3.63, 3.8) is 0 Å². The van der Waals surface area contributed by atoms with Crippen molar-refractivity contribution in [2.24, 2.45) is 5.92 Å². The molecule has 0 spiro atoms. The van der Waals surface area contributed by atoms with Gasteiger partial charge in [-0.3, -0.25) is 9.59 Å². The van der Waals surface area contributed by atoms with Crippen LogP contribution in [0.2, 0.25) is 0 Å². The molecule has 1 heterocycles. The first-order chi connectivity index (χ1) is 15.9. The standard InChI is InChI=1S/C24H30N2O5S2/c1-4-30-18-9-7-6-8-17(18)25-20(27)13-32-14-21(28)26-23-22(24(29)31-5-2)16-11-10-15(3)12-19(16)33-23/h6-9,15H,4-5,10-14H2,1-3H3,(H,25,27)(H,26,28). The summed E-state index contributed by atoms with van der Waals surface area (Å²) in [5.41, 5.74) is 2.10. The molecule has 1 atom stereocenters. The number of anilines is 2. The molecule has 7 nitrogen and oxygen atoms in total. The van der Waals surface area contributed by atoms with E-state index in [0.29, 0.717) is 34.5 Å². The SMILES string of the molecule is CCOC(=O)c1c(NC(=O)CSCC(=O)Nc2ccccc2OCC)sc2c1CCC(C)C2. The van der Waals surface area contributed by atoms with Crippen molar-refractivity contribution < 1.29 is 23.9 Å². The molecule has 1 aliphatic rings. The molecule has 1 aromatic carbocycles. The Labute approximate surface area is 202 Å². The van der Waals surface area contributed by atoms with Crippen LogP contribution in [0.5, 0.6) is 5.75 Å². The summed E-state index contributed by atoms with van der Waals surface area (Å²) in [6.45, 7) is 6.63. The molecule has 0 saturated carbocycles. The normalized spacial score (nSPS) is 14.8. The van der Waals surface area contributed by atoms with Gasteiger partial charge in [0.05, 0.1) is 36.0 Å². The number of para-hydroxylation sites is 2. The number of ether oxygens (including phenoxy) is 2. The highest BCUT2D eigenvalue weighted by atomic mass is 32.2. The molecular formula is C24H30N2O5S2. The Hall–Kier alpha value is -2.52. The molecule has 2 amide bonds. The first kappa shape index (κ1) is 25.1. The number of thiophene rings is 1. The van der Waals surface area contributed by atoms with E-state index in [4.69, 9.17) is 9.47 Å². The highest BCUT2D eigenvalue weighted by molar-refractivity contribution is 8.00. The van der Waals surface area contributed by atoms with Crippen molar-refractivity contribution in [1.29, 1.82) is 0 Å². The Morgan fingerprint density at radius 2 is 1.82 bits per heavy atom. The maximum absolute atomic E-state index is 12.6. The number of esters is 1. The first-order valence-electron chi connectivity index (χ1n) is 11.1. The molecule has 33 heavy (non-hydrogen) atoms. The highest BCUT2D eigenvalue weighted by Crippen LogP contribution is 2.40. The number of carbonyl (C=O) groups excluding carboxylic acids is 3. The van der Waals surface area contributed by atoms with Crippen LogP contribution in [-0.4, -0.2) is 42.5 Å². The summed E-state index contributed by atoms with van der Waals surface area (Å²) in [6, 6.07) is 7.23. The number of amides is 2. The minimum Gasteiger partial charge on any atom is -0.492 e. The van der Waals surface area contributed by atoms with Gasteiger partial charge in [0.25, 0.3) is 0 Å². The van der Waals surface area contributed by atoms with Crippen LogP contribution in [0.15, 0.2) is 24.3 Å². The summed E-state index contributed by atoms with van der Waals surface area (Å²) >= 11 is 2.67. The number of nitrogens with one attached hydrogen (secondary N) is 2. The highest BCUT2D eigenvalue weighted by Gasteiger charge is 2.29. The molecule has 178 valence electrons. The molecule has 1 aliphatic carbocycles. The van der Waals surface area contributed by atoms with Crippen LogP contribution < -0.4 is 15.4 Å². The molecule has 3 rings (SSSR count). The summed E-state index contributed by atoms with van der Waals surface area (Å²) < 4.78 is 10.8. The van der Waals surface area contributed by atoms with Gasteiger partial charge in [-0.2, -0.15) is 0 Å². The van der Waals surface area contributed by atoms with E-state index in [-0.39, 0.29) is 35.9 Å². The van der Waals surface area contributed by atoms with Crippen LogP contribution in [0.3, 0.4) is 0 Å². The fraction of sp³-hybridized carbons (Fsp3) is 0.458. The minimum atomic E-state index is -0.389. The second kappa shape index (κ2) is 12.1. The van der Waals surface area contributed by atoms with Gasteiger partial charge in [0.15, 0.2) is 0 Å². The summed E-state index contributed by atoms with van der Waals surface area (Å²) in [6.07, 6.45) is 2.73. The molecule has 0 aliphatic heterocycles. The van der Waals surface area contributed by atoms with Gasteiger partial charge in [-0.25, -0.2) is 4.79 Å². The van der Waals surface area contributed by atoms with E-state index in [2.05, 4.69) is 17.6 Å². The third kappa shape index (κ3) is 6.74. The lowest BCUT2D eigenvalue weighted by Gasteiger charge is -2.18. The largest absolute Gasteiger partial charge is 0.492 e. The molecule has 2 aromatic rings. The second-order valence-corrected chi connectivity index (χ2v) is 9.89. The van der Waals surface area contributed by atoms with Crippen LogP contribution >= 0.6 is 23.1 Å². The van der Waals surface area contributed by atoms with Gasteiger partial charge in [-0.15, -0.1) is 23.1 Å². The van der Waals surface area contributed by atoms with Crippen molar-refractivity contribution in [2.75, 3.05) is 35.4 Å². The Morgan fingerprint density at radius 3 is 2.55 bits per heavy atom. The van der Waals surface area contributed by atoms with Crippen molar-refractivity contribution in [3.8, 4) is 5.75 Å². The first-order valence-corrected chi connectivity index (χ1v) is 13.1. The molecule has 0 fully saturated rings. The van der Waals surface area contributed by atoms with Crippen LogP contribution in [0, 0.1) is 5.92 Å². The minimum absolute atomic E-state index is 0.0990. The molecule has 1 aromatic heterocycles. The van der Waals surface area contributed by atoms with Crippen molar-refractivity contribution in [2.45, 2.75) is 40.0 Å². The van der Waals surface area contributed by atoms with Crippen molar-refractivity contribution in [1.82, 2.24) is 0 Å². The smallest absolute Gasteiger partial charge is 0.341 e. The van der Waals surface area contributed by atoms with Crippen LogP contribution in [0.1, 0.15) is 48.0 Å². The predicted octanol–water partition coefficient (Wildman–Crippen LogP) is 4.76. The summed E-state index contributed by atoms with van der Waals surface area (Å²) in [5.74, 6) is 0.529. The maximum atomic E-state index is 12.6. The average Bonchev–Trinajstić information content (AvgIpc) is 3.12. The quantitative estimate of drug-likeness (QED) is 0.467. The zero-order valence-electron chi connectivity index (χ0n) is 19.2. The third-order valence-corrected chi connectivity index (χ3v) is 7.27. The van der Waals surface area contributed by atoms with Gasteiger partial charge in [0.1, 0.15) is 10.8 Å². The van der Waals surface area contributed by atoms with Crippen molar-refractivity contribution in [3.05, 3.63) is 40.3 Å². The molecule has 0 bridgehead atoms. The van der Waals surface area contributed by atoms with Gasteiger partial charge in [0.2, 0.25) is 11.8 Å². The Bertz CT molecular complexity index is 1000. The second-order valence-electron chi connectivity index (χ2n) is 7.79. The number of thioether (sulfide) groups is 1. The van der Waals surface area contributed by atoms with Gasteiger partial charge < -0.3 is 20.1 Å². The molecule has 2 N–H and O–H groups in total. The summed E-state index contributed by atoms with van der Waals surface area (Å²) in [5, 5.41) is 6.25. The third-order valence-electron chi connectivity index (χ3n) is 5.17. The summed E-state index contributed by atoms with van der Waals surface area (Å²) in [7, 11) is 0. The van der Waals surface area contributed by atoms with E-state index in [9.17, 15) is 14.4 Å². The molecular weight excluding hydrogens is 460 g/mol. The average molecular weight is 491 g/mol. The number of carbonyl (C=O) groups is 3. The Balaban J connectivity index is 1.57. The number of hydrogen-bond acceptors (Lipinski definition) is 7. The molecule has 1 unspecified atom stereocenters.